The first-order chi connectivity index (χ1) is 11.8. The molecule has 2 aromatic carbocycles. The molecule has 0 atom stereocenters. The Morgan fingerprint density at radius 3 is 2.48 bits per heavy atom. The van der Waals surface area contributed by atoms with Crippen LogP contribution in [0.2, 0.25) is 0 Å². The summed E-state index contributed by atoms with van der Waals surface area (Å²) in [4.78, 5) is 16.3. The number of hydrogen-bond acceptors (Lipinski definition) is 3. The standard InChI is InChI=1S/C17H10F4N2OS/c18-12-4-6-13(7-5-12)22-16-23-15(24)14(25-16)9-10-2-1-3-11(8-10)17(19,20)21/h1-9H,(H,22,23,24)/b14-9+. The fourth-order valence-corrected chi connectivity index (χ4v) is 2.91. The van der Waals surface area contributed by atoms with Crippen molar-refractivity contribution < 1.29 is 22.4 Å². The van der Waals surface area contributed by atoms with Crippen molar-refractivity contribution in [2.45, 2.75) is 6.18 Å². The highest BCUT2D eigenvalue weighted by atomic mass is 32.2. The number of carbonyl (C=O) groups is 1. The second-order valence-electron chi connectivity index (χ2n) is 5.08. The van der Waals surface area contributed by atoms with E-state index in [4.69, 9.17) is 0 Å². The van der Waals surface area contributed by atoms with E-state index in [9.17, 15) is 22.4 Å². The molecule has 3 nitrogen and oxygen atoms in total. The number of hydrogen-bond donors (Lipinski definition) is 1. The number of amides is 1. The first-order valence-corrected chi connectivity index (χ1v) is 7.85. The maximum Gasteiger partial charge on any atom is 0.416 e. The van der Waals surface area contributed by atoms with E-state index in [0.29, 0.717) is 5.69 Å². The van der Waals surface area contributed by atoms with Crippen LogP contribution in [0.15, 0.2) is 58.4 Å². The van der Waals surface area contributed by atoms with Crippen LogP contribution in [0.3, 0.4) is 0 Å². The van der Waals surface area contributed by atoms with Crippen molar-refractivity contribution in [1.29, 1.82) is 0 Å². The average molecular weight is 366 g/mol. The molecule has 0 aromatic heterocycles. The van der Waals surface area contributed by atoms with Crippen molar-refractivity contribution in [2.24, 2.45) is 4.99 Å². The Labute approximate surface area is 144 Å². The number of amidine groups is 1. The molecule has 1 fully saturated rings. The van der Waals surface area contributed by atoms with Crippen LogP contribution in [-0.4, -0.2) is 11.1 Å². The van der Waals surface area contributed by atoms with Crippen molar-refractivity contribution in [3.8, 4) is 0 Å². The van der Waals surface area contributed by atoms with Crippen LogP contribution in [-0.2, 0) is 11.0 Å². The van der Waals surface area contributed by atoms with Gasteiger partial charge in [0.25, 0.3) is 5.91 Å². The van der Waals surface area contributed by atoms with Crippen molar-refractivity contribution in [3.63, 3.8) is 0 Å². The van der Waals surface area contributed by atoms with Crippen molar-refractivity contribution in [3.05, 3.63) is 70.4 Å². The molecule has 1 aliphatic rings. The van der Waals surface area contributed by atoms with E-state index in [1.807, 2.05) is 0 Å². The molecule has 0 saturated carbocycles. The van der Waals surface area contributed by atoms with E-state index >= 15 is 0 Å². The lowest BCUT2D eigenvalue weighted by Crippen LogP contribution is -2.19. The molecule has 1 N–H and O–H groups in total. The van der Waals surface area contributed by atoms with Gasteiger partial charge in [0.1, 0.15) is 5.82 Å². The molecule has 0 bridgehead atoms. The number of alkyl halides is 3. The van der Waals surface area contributed by atoms with Gasteiger partial charge in [-0.15, -0.1) is 0 Å². The second-order valence-corrected chi connectivity index (χ2v) is 6.11. The topological polar surface area (TPSA) is 41.5 Å². The van der Waals surface area contributed by atoms with Crippen molar-refractivity contribution in [1.82, 2.24) is 5.32 Å². The fraction of sp³-hybridized carbons (Fsp3) is 0.0588. The minimum Gasteiger partial charge on any atom is -0.300 e. The Morgan fingerprint density at radius 1 is 1.08 bits per heavy atom. The van der Waals surface area contributed by atoms with E-state index in [2.05, 4.69) is 10.3 Å². The Hall–Kier alpha value is -2.61. The van der Waals surface area contributed by atoms with Gasteiger partial charge < -0.3 is 5.32 Å². The van der Waals surface area contributed by atoms with Gasteiger partial charge in [-0.05, 0) is 59.8 Å². The highest BCUT2D eigenvalue weighted by Gasteiger charge is 2.30. The van der Waals surface area contributed by atoms with Gasteiger partial charge >= 0.3 is 6.18 Å². The van der Waals surface area contributed by atoms with Gasteiger partial charge in [-0.1, -0.05) is 12.1 Å². The molecule has 0 aliphatic carbocycles. The summed E-state index contributed by atoms with van der Waals surface area (Å²) in [6, 6.07) is 10.1. The van der Waals surface area contributed by atoms with E-state index in [1.165, 1.54) is 42.5 Å². The van der Waals surface area contributed by atoms with Gasteiger partial charge in [0.2, 0.25) is 0 Å². The molecule has 128 valence electrons. The molecule has 1 saturated heterocycles. The molecule has 0 spiro atoms. The predicted molar refractivity (Wildman–Crippen MR) is 88.6 cm³/mol. The summed E-state index contributed by atoms with van der Waals surface area (Å²) in [7, 11) is 0. The largest absolute Gasteiger partial charge is 0.416 e. The summed E-state index contributed by atoms with van der Waals surface area (Å²) in [5, 5.41) is 2.79. The lowest BCUT2D eigenvalue weighted by Gasteiger charge is -2.06. The van der Waals surface area contributed by atoms with Crippen LogP contribution in [0.1, 0.15) is 11.1 Å². The van der Waals surface area contributed by atoms with Crippen LogP contribution in [0.25, 0.3) is 6.08 Å². The molecule has 8 heteroatoms. The summed E-state index contributed by atoms with van der Waals surface area (Å²) in [5.74, 6) is -0.861. The zero-order valence-electron chi connectivity index (χ0n) is 12.5. The quantitative estimate of drug-likeness (QED) is 0.616. The number of benzene rings is 2. The van der Waals surface area contributed by atoms with Gasteiger partial charge in [-0.25, -0.2) is 9.38 Å². The summed E-state index contributed by atoms with van der Waals surface area (Å²) in [6.07, 6.45) is -3.09. The summed E-state index contributed by atoms with van der Waals surface area (Å²) in [6.45, 7) is 0. The Morgan fingerprint density at radius 2 is 1.80 bits per heavy atom. The molecule has 0 unspecified atom stereocenters. The van der Waals surface area contributed by atoms with Crippen molar-refractivity contribution >= 4 is 34.6 Å². The Balaban J connectivity index is 1.83. The van der Waals surface area contributed by atoms with Gasteiger partial charge in [0.15, 0.2) is 5.17 Å². The van der Waals surface area contributed by atoms with Gasteiger partial charge in [0.05, 0.1) is 16.2 Å². The number of carbonyl (C=O) groups excluding carboxylic acids is 1. The number of thioether (sulfide) groups is 1. The molecule has 1 aliphatic heterocycles. The lowest BCUT2D eigenvalue weighted by molar-refractivity contribution is -0.137. The molecule has 0 radical (unpaired) electrons. The average Bonchev–Trinajstić information content (AvgIpc) is 2.88. The third kappa shape index (κ3) is 4.27. The van der Waals surface area contributed by atoms with Crippen LogP contribution in [0, 0.1) is 5.82 Å². The van der Waals surface area contributed by atoms with Crippen LogP contribution in [0.5, 0.6) is 0 Å². The highest BCUT2D eigenvalue weighted by molar-refractivity contribution is 8.18. The third-order valence-corrected chi connectivity index (χ3v) is 4.13. The SMILES string of the molecule is O=C1NC(=Nc2ccc(F)cc2)S/C1=C/c1cccc(C(F)(F)F)c1. The molecule has 2 aromatic rings. The highest BCUT2D eigenvalue weighted by Crippen LogP contribution is 2.32. The smallest absolute Gasteiger partial charge is 0.300 e. The molecular formula is C17H10F4N2OS. The normalized spacial score (nSPS) is 18.0. The molecule has 1 amide bonds. The van der Waals surface area contributed by atoms with Crippen LogP contribution in [0.4, 0.5) is 23.2 Å². The van der Waals surface area contributed by atoms with Crippen LogP contribution >= 0.6 is 11.8 Å². The van der Waals surface area contributed by atoms with Gasteiger partial charge in [0, 0.05) is 0 Å². The molecule has 25 heavy (non-hydrogen) atoms. The maximum absolute atomic E-state index is 12.9. The van der Waals surface area contributed by atoms with E-state index in [-0.39, 0.29) is 15.6 Å². The predicted octanol–water partition coefficient (Wildman–Crippen LogP) is 4.74. The fourth-order valence-electron chi connectivity index (χ4n) is 2.07. The number of aliphatic imine (C=N–C) groups is 1. The minimum atomic E-state index is -4.45. The number of nitrogens with zero attached hydrogens (tertiary/aromatic N) is 1. The number of rotatable bonds is 2. The minimum absolute atomic E-state index is 0.222. The van der Waals surface area contributed by atoms with Crippen molar-refractivity contribution in [2.75, 3.05) is 0 Å². The first kappa shape index (κ1) is 17.2. The summed E-state index contributed by atoms with van der Waals surface area (Å²) in [5.41, 5.74) is -0.0783. The first-order valence-electron chi connectivity index (χ1n) is 7.04. The number of nitrogens with one attached hydrogen (secondary N) is 1. The Kier molecular flexibility index (Phi) is 4.63. The molecule has 1 heterocycles. The van der Waals surface area contributed by atoms with Gasteiger partial charge in [-0.2, -0.15) is 13.2 Å². The lowest BCUT2D eigenvalue weighted by atomic mass is 10.1. The van der Waals surface area contributed by atoms with E-state index in [1.54, 1.807) is 0 Å². The molecular weight excluding hydrogens is 356 g/mol. The second kappa shape index (κ2) is 6.72. The zero-order chi connectivity index (χ0) is 18.0. The Bertz CT molecular complexity index is 873. The van der Waals surface area contributed by atoms with Crippen LogP contribution < -0.4 is 5.32 Å². The molecule has 3 rings (SSSR count). The summed E-state index contributed by atoms with van der Waals surface area (Å²) < 4.78 is 51.1. The van der Waals surface area contributed by atoms with Gasteiger partial charge in [-0.3, -0.25) is 4.79 Å². The summed E-state index contributed by atoms with van der Waals surface area (Å²) >= 11 is 1.00. The number of halogens is 4. The maximum atomic E-state index is 12.9. The third-order valence-electron chi connectivity index (χ3n) is 3.22. The monoisotopic (exact) mass is 366 g/mol. The van der Waals surface area contributed by atoms with E-state index < -0.39 is 23.5 Å². The van der Waals surface area contributed by atoms with E-state index in [0.717, 1.165) is 23.9 Å². The zero-order valence-corrected chi connectivity index (χ0v) is 13.3.